The van der Waals surface area contributed by atoms with Gasteiger partial charge >= 0.3 is 0 Å². The molecule has 1 fully saturated rings. The Hall–Kier alpha value is -2.09. The third-order valence-electron chi connectivity index (χ3n) is 5.97. The van der Waals surface area contributed by atoms with Gasteiger partial charge in [-0.25, -0.2) is 13.1 Å². The molecule has 1 aliphatic heterocycles. The van der Waals surface area contributed by atoms with Gasteiger partial charge in [-0.05, 0) is 67.8 Å². The number of piperidine rings is 1. The molecule has 1 N–H and O–H groups in total. The lowest BCUT2D eigenvalue weighted by Crippen LogP contribution is -2.46. The summed E-state index contributed by atoms with van der Waals surface area (Å²) in [5, 5.41) is 1.72. The van der Waals surface area contributed by atoms with Crippen LogP contribution in [-0.2, 0) is 10.0 Å². The molecule has 0 saturated carbocycles. The number of Topliss-reactive ketones (excluding diaryl/α,β-unsaturated/α-hetero) is 1. The molecule has 0 aliphatic carbocycles. The Balaban J connectivity index is 1.60. The molecule has 2 unspecified atom stereocenters. The van der Waals surface area contributed by atoms with E-state index in [2.05, 4.69) is 9.62 Å². The molecular formula is C25H23Cl3N2O3S. The van der Waals surface area contributed by atoms with E-state index < -0.39 is 10.0 Å². The predicted molar refractivity (Wildman–Crippen MR) is 138 cm³/mol. The Morgan fingerprint density at radius 3 is 2.21 bits per heavy atom. The molecule has 0 aromatic heterocycles. The second-order valence-corrected chi connectivity index (χ2v) is 11.3. The first-order valence-corrected chi connectivity index (χ1v) is 13.4. The molecule has 0 radical (unpaired) electrons. The average molecular weight is 538 g/mol. The molecule has 178 valence electrons. The van der Waals surface area contributed by atoms with E-state index in [-0.39, 0.29) is 22.8 Å². The minimum Gasteiger partial charge on any atom is -0.363 e. The van der Waals surface area contributed by atoms with Crippen LogP contribution in [0.4, 0.5) is 5.69 Å². The summed E-state index contributed by atoms with van der Waals surface area (Å²) in [5.41, 5.74) is 2.31. The van der Waals surface area contributed by atoms with Gasteiger partial charge in [-0.15, -0.1) is 0 Å². The van der Waals surface area contributed by atoms with Crippen molar-refractivity contribution < 1.29 is 13.2 Å². The highest BCUT2D eigenvalue weighted by molar-refractivity contribution is 7.89. The molecule has 2 atom stereocenters. The topological polar surface area (TPSA) is 66.5 Å². The first-order valence-electron chi connectivity index (χ1n) is 10.7. The molecule has 34 heavy (non-hydrogen) atoms. The smallest absolute Gasteiger partial charge is 0.240 e. The summed E-state index contributed by atoms with van der Waals surface area (Å²) in [5.74, 6) is -0.115. The van der Waals surface area contributed by atoms with E-state index in [0.29, 0.717) is 40.0 Å². The zero-order chi connectivity index (χ0) is 24.5. The van der Waals surface area contributed by atoms with Crippen LogP contribution in [0, 0.1) is 0 Å². The van der Waals surface area contributed by atoms with Crippen LogP contribution in [0.25, 0.3) is 0 Å². The predicted octanol–water partition coefficient (Wildman–Crippen LogP) is 6.54. The van der Waals surface area contributed by atoms with Crippen molar-refractivity contribution in [1.29, 1.82) is 0 Å². The average Bonchev–Trinajstić information content (AvgIpc) is 2.80. The highest BCUT2D eigenvalue weighted by Crippen LogP contribution is 2.40. The Morgan fingerprint density at radius 2 is 1.59 bits per heavy atom. The number of hydrogen-bond acceptors (Lipinski definition) is 4. The molecular weight excluding hydrogens is 515 g/mol. The second kappa shape index (κ2) is 10.3. The quantitative estimate of drug-likeness (QED) is 0.363. The molecule has 1 saturated heterocycles. The van der Waals surface area contributed by atoms with E-state index in [9.17, 15) is 13.2 Å². The number of rotatable bonds is 6. The highest BCUT2D eigenvalue weighted by atomic mass is 35.5. The Bertz CT molecular complexity index is 1300. The van der Waals surface area contributed by atoms with E-state index in [1.165, 1.54) is 31.2 Å². The number of sulfonamides is 1. The third kappa shape index (κ3) is 5.58. The van der Waals surface area contributed by atoms with Gasteiger partial charge in [0.1, 0.15) is 0 Å². The SMILES string of the molecule is CC(=O)c1ccc(S(=O)(=O)NC2CCN(c3ccc(Cl)cc3Cl)C(c3ccc(Cl)cc3)C2)cc1. The highest BCUT2D eigenvalue weighted by Gasteiger charge is 2.33. The molecule has 0 amide bonds. The molecule has 3 aromatic carbocycles. The maximum Gasteiger partial charge on any atom is 0.240 e. The van der Waals surface area contributed by atoms with Crippen molar-refractivity contribution in [2.75, 3.05) is 11.4 Å². The van der Waals surface area contributed by atoms with E-state index in [0.717, 1.165) is 11.3 Å². The van der Waals surface area contributed by atoms with E-state index in [4.69, 9.17) is 34.8 Å². The van der Waals surface area contributed by atoms with Crippen molar-refractivity contribution >= 4 is 56.3 Å². The van der Waals surface area contributed by atoms with Crippen molar-refractivity contribution in [3.8, 4) is 0 Å². The number of carbonyl (C=O) groups excluding carboxylic acids is 1. The van der Waals surface area contributed by atoms with Gasteiger partial charge in [0.2, 0.25) is 10.0 Å². The largest absolute Gasteiger partial charge is 0.363 e. The molecule has 9 heteroatoms. The van der Waals surface area contributed by atoms with E-state index >= 15 is 0 Å². The maximum absolute atomic E-state index is 13.0. The molecule has 0 bridgehead atoms. The fourth-order valence-corrected chi connectivity index (χ4v) is 6.16. The van der Waals surface area contributed by atoms with Gasteiger partial charge in [-0.1, -0.05) is 59.1 Å². The molecule has 1 aliphatic rings. The van der Waals surface area contributed by atoms with Gasteiger partial charge < -0.3 is 4.90 Å². The van der Waals surface area contributed by atoms with Gasteiger partial charge in [0, 0.05) is 28.2 Å². The van der Waals surface area contributed by atoms with Crippen molar-refractivity contribution in [3.05, 3.63) is 92.9 Å². The first kappa shape index (κ1) is 25.0. The van der Waals surface area contributed by atoms with Gasteiger partial charge in [0.25, 0.3) is 0 Å². The summed E-state index contributed by atoms with van der Waals surface area (Å²) in [6.45, 7) is 2.03. The third-order valence-corrected chi connectivity index (χ3v) is 8.30. The van der Waals surface area contributed by atoms with Crippen LogP contribution in [0.2, 0.25) is 15.1 Å². The van der Waals surface area contributed by atoms with E-state index in [1.54, 1.807) is 12.1 Å². The van der Waals surface area contributed by atoms with Gasteiger partial charge in [-0.2, -0.15) is 0 Å². The number of nitrogens with zero attached hydrogens (tertiary/aromatic N) is 1. The standard InChI is InChI=1S/C25H23Cl3N2O3S/c1-16(31)17-4-9-22(10-5-17)34(32,33)29-21-12-13-30(24-11-8-20(27)14-23(24)28)25(15-21)18-2-6-19(26)7-3-18/h2-11,14,21,25,29H,12-13,15H2,1H3. The van der Waals surface area contributed by atoms with Crippen molar-refractivity contribution in [1.82, 2.24) is 4.72 Å². The van der Waals surface area contributed by atoms with Gasteiger partial charge in [-0.3, -0.25) is 4.79 Å². The van der Waals surface area contributed by atoms with Crippen LogP contribution in [0.1, 0.15) is 41.7 Å². The van der Waals surface area contributed by atoms with Gasteiger partial charge in [0.05, 0.1) is 21.6 Å². The number of benzene rings is 3. The summed E-state index contributed by atoms with van der Waals surface area (Å²) in [6, 6.07) is 18.5. The Labute approximate surface area is 214 Å². The minimum absolute atomic E-state index is 0.115. The lowest BCUT2D eigenvalue weighted by Gasteiger charge is -2.42. The van der Waals surface area contributed by atoms with Crippen LogP contribution < -0.4 is 9.62 Å². The van der Waals surface area contributed by atoms with Crippen LogP contribution in [0.3, 0.4) is 0 Å². The lowest BCUT2D eigenvalue weighted by atomic mass is 9.91. The maximum atomic E-state index is 13.0. The minimum atomic E-state index is -3.76. The monoisotopic (exact) mass is 536 g/mol. The second-order valence-electron chi connectivity index (χ2n) is 8.28. The summed E-state index contributed by atoms with van der Waals surface area (Å²) >= 11 is 18.7. The van der Waals surface area contributed by atoms with Crippen molar-refractivity contribution in [2.45, 2.75) is 36.7 Å². The van der Waals surface area contributed by atoms with Crippen LogP contribution in [0.5, 0.6) is 0 Å². The fourth-order valence-electron chi connectivity index (χ4n) is 4.23. The Kier molecular flexibility index (Phi) is 7.55. The fraction of sp³-hybridized carbons (Fsp3) is 0.240. The number of anilines is 1. The summed E-state index contributed by atoms with van der Waals surface area (Å²) in [7, 11) is -3.76. The number of nitrogens with one attached hydrogen (secondary N) is 1. The van der Waals surface area contributed by atoms with Crippen molar-refractivity contribution in [3.63, 3.8) is 0 Å². The molecule has 1 heterocycles. The molecule has 4 rings (SSSR count). The number of carbonyl (C=O) groups is 1. The first-order chi connectivity index (χ1) is 16.1. The zero-order valence-electron chi connectivity index (χ0n) is 18.3. The lowest BCUT2D eigenvalue weighted by molar-refractivity contribution is 0.101. The van der Waals surface area contributed by atoms with Gasteiger partial charge in [0.15, 0.2) is 5.78 Å². The number of halogens is 3. The summed E-state index contributed by atoms with van der Waals surface area (Å²) < 4.78 is 28.9. The summed E-state index contributed by atoms with van der Waals surface area (Å²) in [4.78, 5) is 13.8. The molecule has 3 aromatic rings. The molecule has 0 spiro atoms. The zero-order valence-corrected chi connectivity index (χ0v) is 21.4. The van der Waals surface area contributed by atoms with Crippen LogP contribution in [0.15, 0.2) is 71.6 Å². The van der Waals surface area contributed by atoms with Crippen LogP contribution >= 0.6 is 34.8 Å². The normalized spacial score (nSPS) is 18.6. The van der Waals surface area contributed by atoms with Crippen LogP contribution in [-0.4, -0.2) is 26.8 Å². The van der Waals surface area contributed by atoms with E-state index in [1.807, 2.05) is 30.3 Å². The number of ketones is 1. The summed E-state index contributed by atoms with van der Waals surface area (Å²) in [6.07, 6.45) is 1.12. The Morgan fingerprint density at radius 1 is 0.941 bits per heavy atom. The van der Waals surface area contributed by atoms with Crippen molar-refractivity contribution in [2.24, 2.45) is 0 Å². The molecule has 5 nitrogen and oxygen atoms in total. The number of hydrogen-bond donors (Lipinski definition) is 1.